The molecule has 0 radical (unpaired) electrons. The van der Waals surface area contributed by atoms with Gasteiger partial charge in [-0.25, -0.2) is 9.78 Å². The van der Waals surface area contributed by atoms with Crippen molar-refractivity contribution in [3.63, 3.8) is 0 Å². The van der Waals surface area contributed by atoms with E-state index in [9.17, 15) is 9.59 Å². The quantitative estimate of drug-likeness (QED) is 0.528. The van der Waals surface area contributed by atoms with E-state index in [0.29, 0.717) is 54.8 Å². The monoisotopic (exact) mass is 494 g/mol. The van der Waals surface area contributed by atoms with Crippen molar-refractivity contribution in [2.75, 3.05) is 30.5 Å². The van der Waals surface area contributed by atoms with Crippen LogP contribution >= 0.6 is 0 Å². The van der Waals surface area contributed by atoms with E-state index in [1.807, 2.05) is 45.9 Å². The van der Waals surface area contributed by atoms with Gasteiger partial charge in [-0.1, -0.05) is 0 Å². The summed E-state index contributed by atoms with van der Waals surface area (Å²) in [5.74, 6) is 1.41. The lowest BCUT2D eigenvalue weighted by Crippen LogP contribution is -2.37. The van der Waals surface area contributed by atoms with Crippen LogP contribution < -0.4 is 20.3 Å². The molecule has 11 nitrogen and oxygen atoms in total. The summed E-state index contributed by atoms with van der Waals surface area (Å²) < 4.78 is 18.5. The van der Waals surface area contributed by atoms with Crippen molar-refractivity contribution in [1.29, 1.82) is 0 Å². The third kappa shape index (κ3) is 4.53. The Morgan fingerprint density at radius 2 is 2.06 bits per heavy atom. The molecule has 2 aliphatic rings. The van der Waals surface area contributed by atoms with Crippen LogP contribution in [0.15, 0.2) is 24.4 Å². The van der Waals surface area contributed by atoms with Gasteiger partial charge in [0.1, 0.15) is 28.5 Å². The van der Waals surface area contributed by atoms with Crippen LogP contribution in [-0.2, 0) is 22.5 Å². The fourth-order valence-electron chi connectivity index (χ4n) is 4.37. The Balaban J connectivity index is 1.69. The largest absolute Gasteiger partial charge is 0.497 e. The zero-order valence-corrected chi connectivity index (χ0v) is 21.0. The molecule has 2 amide bonds. The second kappa shape index (κ2) is 8.98. The van der Waals surface area contributed by atoms with Crippen molar-refractivity contribution in [3.05, 3.63) is 41.1 Å². The molecule has 2 aliphatic heterocycles. The van der Waals surface area contributed by atoms with Crippen molar-refractivity contribution in [2.24, 2.45) is 0 Å². The van der Waals surface area contributed by atoms with Crippen LogP contribution in [0.25, 0.3) is 5.65 Å². The van der Waals surface area contributed by atoms with Gasteiger partial charge >= 0.3 is 6.09 Å². The Bertz CT molecular complexity index is 1340. The maximum Gasteiger partial charge on any atom is 0.416 e. The van der Waals surface area contributed by atoms with Crippen molar-refractivity contribution in [2.45, 2.75) is 52.4 Å². The Morgan fingerprint density at radius 1 is 1.25 bits per heavy atom. The van der Waals surface area contributed by atoms with Gasteiger partial charge in [-0.3, -0.25) is 9.69 Å². The van der Waals surface area contributed by atoms with Gasteiger partial charge in [-0.05, 0) is 51.8 Å². The van der Waals surface area contributed by atoms with Gasteiger partial charge in [0.05, 0.1) is 26.5 Å². The Morgan fingerprint density at radius 3 is 2.81 bits per heavy atom. The third-order valence-corrected chi connectivity index (χ3v) is 5.90. The van der Waals surface area contributed by atoms with E-state index in [-0.39, 0.29) is 11.9 Å². The van der Waals surface area contributed by atoms with Crippen LogP contribution in [0.5, 0.6) is 5.75 Å². The number of ether oxygens (including phenoxy) is 3. The number of hydrogen-bond acceptors (Lipinski definition) is 8. The summed E-state index contributed by atoms with van der Waals surface area (Å²) in [7, 11) is 1.61. The first-order valence-corrected chi connectivity index (χ1v) is 11.9. The van der Waals surface area contributed by atoms with Crippen LogP contribution in [0.1, 0.15) is 49.2 Å². The third-order valence-electron chi connectivity index (χ3n) is 5.90. The molecule has 0 saturated heterocycles. The molecule has 3 aromatic rings. The zero-order chi connectivity index (χ0) is 25.6. The maximum absolute atomic E-state index is 13.1. The number of amides is 2. The SMILES string of the molecule is COc1cc2cc(c1)Nc1nc3c(cnn3c3c1CCN3C(=O)OC(C)(C)C)C(=O)NC(C)COC2. The number of carbonyl (C=O) groups excluding carboxylic acids is 2. The van der Waals surface area contributed by atoms with E-state index in [0.717, 1.165) is 16.8 Å². The van der Waals surface area contributed by atoms with E-state index in [2.05, 4.69) is 15.7 Å². The summed E-state index contributed by atoms with van der Waals surface area (Å²) in [6.45, 7) is 8.41. The smallest absolute Gasteiger partial charge is 0.416 e. The first-order valence-electron chi connectivity index (χ1n) is 11.9. The molecule has 0 aliphatic carbocycles. The first-order chi connectivity index (χ1) is 17.1. The number of rotatable bonds is 1. The minimum Gasteiger partial charge on any atom is -0.497 e. The molecule has 0 spiro atoms. The van der Waals surface area contributed by atoms with Crippen LogP contribution in [0, 0.1) is 0 Å². The number of aromatic nitrogens is 3. The molecule has 1 atom stereocenters. The summed E-state index contributed by atoms with van der Waals surface area (Å²) in [5, 5.41) is 10.8. The number of methoxy groups -OCH3 is 1. The molecular formula is C25H30N6O5. The lowest BCUT2D eigenvalue weighted by atomic mass is 10.1. The number of anilines is 3. The molecular weight excluding hydrogens is 464 g/mol. The maximum atomic E-state index is 13.1. The van der Waals surface area contributed by atoms with Gasteiger partial charge in [0.25, 0.3) is 5.91 Å². The normalized spacial score (nSPS) is 17.9. The Labute approximate surface area is 208 Å². The van der Waals surface area contributed by atoms with E-state index >= 15 is 0 Å². The van der Waals surface area contributed by atoms with Gasteiger partial charge in [-0.2, -0.15) is 9.61 Å². The minimum atomic E-state index is -0.662. The molecule has 4 bridgehead atoms. The molecule has 36 heavy (non-hydrogen) atoms. The second-order valence-corrected chi connectivity index (χ2v) is 10.0. The van der Waals surface area contributed by atoms with Crippen molar-refractivity contribution < 1.29 is 23.8 Å². The Kier molecular flexibility index (Phi) is 5.95. The van der Waals surface area contributed by atoms with Gasteiger partial charge in [0.2, 0.25) is 0 Å². The molecule has 190 valence electrons. The molecule has 0 saturated carbocycles. The number of nitrogens with zero attached hydrogens (tertiary/aromatic N) is 4. The second-order valence-electron chi connectivity index (χ2n) is 10.0. The molecule has 1 aromatic carbocycles. The molecule has 1 unspecified atom stereocenters. The molecule has 5 rings (SSSR count). The molecule has 2 N–H and O–H groups in total. The fraction of sp³-hybridized carbons (Fsp3) is 0.440. The van der Waals surface area contributed by atoms with Crippen LogP contribution in [0.3, 0.4) is 0 Å². The van der Waals surface area contributed by atoms with E-state index < -0.39 is 11.7 Å². The Hall–Kier alpha value is -3.86. The van der Waals surface area contributed by atoms with E-state index in [1.165, 1.54) is 10.7 Å². The first kappa shape index (κ1) is 23.9. The van der Waals surface area contributed by atoms with Gasteiger partial charge in [-0.15, -0.1) is 0 Å². The van der Waals surface area contributed by atoms with Crippen LogP contribution in [-0.4, -0.2) is 58.5 Å². The van der Waals surface area contributed by atoms with E-state index in [1.54, 1.807) is 12.0 Å². The summed E-state index contributed by atoms with van der Waals surface area (Å²) in [4.78, 5) is 32.6. The average Bonchev–Trinajstić information content (AvgIpc) is 3.42. The average molecular weight is 495 g/mol. The summed E-state index contributed by atoms with van der Waals surface area (Å²) in [6.07, 6.45) is 1.53. The lowest BCUT2D eigenvalue weighted by molar-refractivity contribution is 0.0582. The zero-order valence-electron chi connectivity index (χ0n) is 21.0. The van der Waals surface area contributed by atoms with Crippen molar-refractivity contribution >= 4 is 35.0 Å². The topological polar surface area (TPSA) is 119 Å². The summed E-state index contributed by atoms with van der Waals surface area (Å²) in [6, 6.07) is 5.49. The highest BCUT2D eigenvalue weighted by Crippen LogP contribution is 2.37. The summed E-state index contributed by atoms with van der Waals surface area (Å²) >= 11 is 0. The molecule has 4 heterocycles. The molecule has 2 aromatic heterocycles. The van der Waals surface area contributed by atoms with Gasteiger partial charge in [0, 0.05) is 29.9 Å². The van der Waals surface area contributed by atoms with Crippen LogP contribution in [0.2, 0.25) is 0 Å². The number of fused-ring (bicyclic) bond motifs is 6. The fourth-order valence-corrected chi connectivity index (χ4v) is 4.37. The number of benzene rings is 1. The standard InChI is InChI=1S/C25H30N6O5/c1-14-12-35-13-15-8-16(10-17(9-15)34-5)28-20-18-6-7-30(24(33)36-25(2,3)4)23(18)31-21(29-20)19(11-26-31)22(32)27-14/h8-11,14H,6-7,12-13H2,1-5H3,(H,27,32)(H,28,29). The van der Waals surface area contributed by atoms with Crippen molar-refractivity contribution in [1.82, 2.24) is 19.9 Å². The lowest BCUT2D eigenvalue weighted by Gasteiger charge is -2.25. The number of carbonyl (C=O) groups is 2. The molecule has 0 fully saturated rings. The number of hydrogen-bond donors (Lipinski definition) is 2. The highest BCUT2D eigenvalue weighted by molar-refractivity contribution is 6.01. The predicted molar refractivity (Wildman–Crippen MR) is 133 cm³/mol. The minimum absolute atomic E-state index is 0.245. The highest BCUT2D eigenvalue weighted by Gasteiger charge is 2.35. The number of nitrogens with one attached hydrogen (secondary N) is 2. The predicted octanol–water partition coefficient (Wildman–Crippen LogP) is 3.43. The summed E-state index contributed by atoms with van der Waals surface area (Å²) in [5.41, 5.74) is 2.42. The molecule has 11 heteroatoms. The highest BCUT2D eigenvalue weighted by atomic mass is 16.6. The van der Waals surface area contributed by atoms with Crippen molar-refractivity contribution in [3.8, 4) is 5.75 Å². The van der Waals surface area contributed by atoms with Gasteiger partial charge in [0.15, 0.2) is 5.65 Å². The van der Waals surface area contributed by atoms with Crippen LogP contribution in [0.4, 0.5) is 22.1 Å². The van der Waals surface area contributed by atoms with Gasteiger partial charge < -0.3 is 24.8 Å². The van der Waals surface area contributed by atoms with E-state index in [4.69, 9.17) is 19.2 Å².